The van der Waals surface area contributed by atoms with Gasteiger partial charge in [-0.1, -0.05) is 0 Å². The Morgan fingerprint density at radius 2 is 1.94 bits per heavy atom. The van der Waals surface area contributed by atoms with Gasteiger partial charge in [0.25, 0.3) is 5.91 Å². The summed E-state index contributed by atoms with van der Waals surface area (Å²) in [6, 6.07) is 0. The molecule has 1 saturated heterocycles. The molecule has 1 aliphatic rings. The van der Waals surface area contributed by atoms with E-state index in [9.17, 15) is 14.4 Å². The third-order valence-electron chi connectivity index (χ3n) is 2.36. The molecule has 1 aromatic heterocycles. The van der Waals surface area contributed by atoms with Crippen LogP contribution in [0.3, 0.4) is 0 Å². The number of amides is 3. The van der Waals surface area contributed by atoms with Crippen LogP contribution in [0.4, 0.5) is 5.82 Å². The minimum Gasteiger partial charge on any atom is -0.372 e. The van der Waals surface area contributed by atoms with Crippen molar-refractivity contribution in [2.75, 3.05) is 25.5 Å². The van der Waals surface area contributed by atoms with E-state index in [-0.39, 0.29) is 18.8 Å². The number of aromatic nitrogens is 2. The van der Waals surface area contributed by atoms with Gasteiger partial charge in [-0.15, -0.1) is 0 Å². The van der Waals surface area contributed by atoms with Gasteiger partial charge in [-0.05, 0) is 0 Å². The fourth-order valence-corrected chi connectivity index (χ4v) is 1.51. The molecule has 8 nitrogen and oxygen atoms in total. The maximum atomic E-state index is 12.0. The molecule has 2 N–H and O–H groups in total. The highest BCUT2D eigenvalue weighted by Gasteiger charge is 2.27. The van der Waals surface area contributed by atoms with Gasteiger partial charge in [-0.2, -0.15) is 0 Å². The van der Waals surface area contributed by atoms with Gasteiger partial charge in [-0.25, -0.2) is 9.97 Å². The first-order valence-corrected chi connectivity index (χ1v) is 5.22. The lowest BCUT2D eigenvalue weighted by Crippen LogP contribution is -2.53. The van der Waals surface area contributed by atoms with Crippen molar-refractivity contribution in [1.82, 2.24) is 20.2 Å². The average molecular weight is 249 g/mol. The van der Waals surface area contributed by atoms with Gasteiger partial charge in [0, 0.05) is 7.05 Å². The predicted molar refractivity (Wildman–Crippen MR) is 60.6 cm³/mol. The first kappa shape index (κ1) is 12.0. The molecule has 1 fully saturated rings. The minimum absolute atomic E-state index is 0.0940. The summed E-state index contributed by atoms with van der Waals surface area (Å²) in [6.07, 6.45) is 2.70. The number of hydrogen-bond donors (Lipinski definition) is 2. The summed E-state index contributed by atoms with van der Waals surface area (Å²) in [5, 5.41) is 4.89. The molecule has 0 radical (unpaired) electrons. The van der Waals surface area contributed by atoms with Crippen LogP contribution in [0, 0.1) is 0 Å². The quantitative estimate of drug-likeness (QED) is 0.626. The van der Waals surface area contributed by atoms with E-state index < -0.39 is 17.7 Å². The highest BCUT2D eigenvalue weighted by Crippen LogP contribution is 2.05. The number of nitrogens with one attached hydrogen (secondary N) is 2. The van der Waals surface area contributed by atoms with Crippen molar-refractivity contribution < 1.29 is 14.4 Å². The molecule has 2 heterocycles. The number of piperazine rings is 1. The molecule has 8 heteroatoms. The number of imide groups is 1. The molecule has 94 valence electrons. The van der Waals surface area contributed by atoms with Crippen molar-refractivity contribution >= 4 is 23.5 Å². The van der Waals surface area contributed by atoms with Crippen molar-refractivity contribution in [2.45, 2.75) is 0 Å². The Morgan fingerprint density at radius 1 is 1.28 bits per heavy atom. The standard InChI is InChI=1S/C10H11N5O3/c1-11-7-3-12-6(2-13-7)10(18)15-4-8(16)14-9(17)5-15/h2-3H,4-5H2,1H3,(H,11,13)(H,14,16,17). The molecule has 1 aliphatic heterocycles. The van der Waals surface area contributed by atoms with Crippen LogP contribution in [0.25, 0.3) is 0 Å². The second kappa shape index (κ2) is 4.78. The lowest BCUT2D eigenvalue weighted by molar-refractivity contribution is -0.135. The molecule has 0 aromatic carbocycles. The number of hydrogen-bond acceptors (Lipinski definition) is 6. The summed E-state index contributed by atoms with van der Waals surface area (Å²) >= 11 is 0. The maximum Gasteiger partial charge on any atom is 0.274 e. The number of nitrogens with zero attached hydrogens (tertiary/aromatic N) is 3. The fraction of sp³-hybridized carbons (Fsp3) is 0.300. The van der Waals surface area contributed by atoms with E-state index in [1.807, 2.05) is 0 Å². The molecular weight excluding hydrogens is 238 g/mol. The Morgan fingerprint density at radius 3 is 2.44 bits per heavy atom. The Balaban J connectivity index is 2.14. The summed E-state index contributed by atoms with van der Waals surface area (Å²) in [7, 11) is 1.68. The molecule has 18 heavy (non-hydrogen) atoms. The second-order valence-electron chi connectivity index (χ2n) is 3.67. The Hall–Kier alpha value is -2.51. The smallest absolute Gasteiger partial charge is 0.274 e. The largest absolute Gasteiger partial charge is 0.372 e. The molecule has 0 unspecified atom stereocenters. The summed E-state index contributed by atoms with van der Waals surface area (Å²) in [5.41, 5.74) is 0.0940. The van der Waals surface area contributed by atoms with Crippen LogP contribution >= 0.6 is 0 Å². The Labute approximate surface area is 102 Å². The first-order valence-electron chi connectivity index (χ1n) is 5.22. The van der Waals surface area contributed by atoms with Crippen LogP contribution in [0.2, 0.25) is 0 Å². The van der Waals surface area contributed by atoms with E-state index in [0.717, 1.165) is 4.90 Å². The van der Waals surface area contributed by atoms with Gasteiger partial charge in [0.2, 0.25) is 11.8 Å². The molecule has 0 bridgehead atoms. The summed E-state index contributed by atoms with van der Waals surface area (Å²) in [6.45, 7) is -0.305. The van der Waals surface area contributed by atoms with Gasteiger partial charge >= 0.3 is 0 Å². The zero-order valence-corrected chi connectivity index (χ0v) is 9.64. The van der Waals surface area contributed by atoms with E-state index in [1.54, 1.807) is 7.05 Å². The summed E-state index contributed by atoms with van der Waals surface area (Å²) < 4.78 is 0. The lowest BCUT2D eigenvalue weighted by Gasteiger charge is -2.24. The highest BCUT2D eigenvalue weighted by molar-refractivity contribution is 6.05. The second-order valence-corrected chi connectivity index (χ2v) is 3.67. The van der Waals surface area contributed by atoms with Gasteiger partial charge in [0.05, 0.1) is 12.4 Å². The monoisotopic (exact) mass is 249 g/mol. The van der Waals surface area contributed by atoms with Crippen molar-refractivity contribution in [3.8, 4) is 0 Å². The van der Waals surface area contributed by atoms with Crippen LogP contribution in [0.5, 0.6) is 0 Å². The van der Waals surface area contributed by atoms with Crippen LogP contribution in [0.1, 0.15) is 10.5 Å². The van der Waals surface area contributed by atoms with Crippen molar-refractivity contribution in [3.63, 3.8) is 0 Å². The van der Waals surface area contributed by atoms with Gasteiger partial charge in [-0.3, -0.25) is 19.7 Å². The zero-order chi connectivity index (χ0) is 13.1. The molecule has 0 atom stereocenters. The Bertz CT molecular complexity index is 483. The average Bonchev–Trinajstić information content (AvgIpc) is 2.37. The number of carbonyl (C=O) groups excluding carboxylic acids is 3. The van der Waals surface area contributed by atoms with Crippen LogP contribution in [-0.4, -0.2) is 52.7 Å². The molecule has 0 saturated carbocycles. The number of rotatable bonds is 2. The minimum atomic E-state index is -0.501. The van der Waals surface area contributed by atoms with Crippen molar-refractivity contribution in [3.05, 3.63) is 18.1 Å². The molecule has 0 aliphatic carbocycles. The van der Waals surface area contributed by atoms with Crippen LogP contribution in [-0.2, 0) is 9.59 Å². The van der Waals surface area contributed by atoms with Crippen molar-refractivity contribution in [2.24, 2.45) is 0 Å². The molecular formula is C10H11N5O3. The van der Waals surface area contributed by atoms with Crippen LogP contribution < -0.4 is 10.6 Å². The third-order valence-corrected chi connectivity index (χ3v) is 2.36. The number of anilines is 1. The first-order chi connectivity index (χ1) is 8.60. The summed E-state index contributed by atoms with van der Waals surface area (Å²) in [4.78, 5) is 43.2. The van der Waals surface area contributed by atoms with E-state index in [2.05, 4.69) is 20.6 Å². The van der Waals surface area contributed by atoms with Gasteiger partial charge < -0.3 is 10.2 Å². The molecule has 1 aromatic rings. The van der Waals surface area contributed by atoms with E-state index in [1.165, 1.54) is 12.4 Å². The Kier molecular flexibility index (Phi) is 3.18. The highest BCUT2D eigenvalue weighted by atomic mass is 16.2. The van der Waals surface area contributed by atoms with Gasteiger partial charge in [0.1, 0.15) is 24.6 Å². The van der Waals surface area contributed by atoms with E-state index in [4.69, 9.17) is 0 Å². The topological polar surface area (TPSA) is 104 Å². The van der Waals surface area contributed by atoms with Crippen molar-refractivity contribution in [1.29, 1.82) is 0 Å². The maximum absolute atomic E-state index is 12.0. The van der Waals surface area contributed by atoms with Gasteiger partial charge in [0.15, 0.2) is 0 Å². The molecule has 2 rings (SSSR count). The SMILES string of the molecule is CNc1cnc(C(=O)N2CC(=O)NC(=O)C2)cn1. The van der Waals surface area contributed by atoms with E-state index >= 15 is 0 Å². The van der Waals surface area contributed by atoms with Crippen LogP contribution in [0.15, 0.2) is 12.4 Å². The summed E-state index contributed by atoms with van der Waals surface area (Å²) in [5.74, 6) is -0.967. The van der Waals surface area contributed by atoms with E-state index in [0.29, 0.717) is 5.82 Å². The normalized spacial score (nSPS) is 15.3. The predicted octanol–water partition coefficient (Wildman–Crippen LogP) is -1.38. The fourth-order valence-electron chi connectivity index (χ4n) is 1.51. The zero-order valence-electron chi connectivity index (χ0n) is 9.64. The lowest BCUT2D eigenvalue weighted by atomic mass is 10.3. The molecule has 0 spiro atoms. The number of carbonyl (C=O) groups is 3. The molecule has 3 amide bonds. The third kappa shape index (κ3) is 2.42.